The van der Waals surface area contributed by atoms with Crippen LogP contribution in [0.1, 0.15) is 19.8 Å². The topological polar surface area (TPSA) is 80.1 Å². The number of rotatable bonds is 3. The van der Waals surface area contributed by atoms with E-state index in [4.69, 9.17) is 10.5 Å². The minimum atomic E-state index is 0.372. The number of nitrogens with one attached hydrogen (secondary N) is 1. The van der Waals surface area contributed by atoms with Crippen molar-refractivity contribution in [2.75, 3.05) is 30.3 Å². The van der Waals surface area contributed by atoms with E-state index < -0.39 is 0 Å². The van der Waals surface area contributed by atoms with Crippen LogP contribution in [0.5, 0.6) is 0 Å². The lowest BCUT2D eigenvalue weighted by Gasteiger charge is -2.30. The molecule has 2 heterocycles. The van der Waals surface area contributed by atoms with Gasteiger partial charge in [-0.15, -0.1) is 5.10 Å². The SMILES string of the molecule is CCOC1CCN(c2n[nH]c(N)n2)CC1. The molecule has 0 aromatic carbocycles. The van der Waals surface area contributed by atoms with E-state index in [0.717, 1.165) is 32.5 Å². The van der Waals surface area contributed by atoms with Gasteiger partial charge in [0.05, 0.1) is 6.10 Å². The Hall–Kier alpha value is -1.30. The molecule has 2 rings (SSSR count). The van der Waals surface area contributed by atoms with Crippen LogP contribution in [0.2, 0.25) is 0 Å². The molecular formula is C9H17N5O. The fraction of sp³-hybridized carbons (Fsp3) is 0.778. The average Bonchev–Trinajstić information content (AvgIpc) is 2.67. The van der Waals surface area contributed by atoms with E-state index in [1.54, 1.807) is 0 Å². The number of nitrogen functional groups attached to an aromatic ring is 1. The third-order valence-corrected chi connectivity index (χ3v) is 2.62. The van der Waals surface area contributed by atoms with Crippen LogP contribution in [0.3, 0.4) is 0 Å². The second-order valence-corrected chi connectivity index (χ2v) is 3.66. The average molecular weight is 211 g/mol. The highest BCUT2D eigenvalue weighted by Gasteiger charge is 2.21. The van der Waals surface area contributed by atoms with Crippen LogP contribution >= 0.6 is 0 Å². The van der Waals surface area contributed by atoms with Gasteiger partial charge in [0.1, 0.15) is 0 Å². The Morgan fingerprint density at radius 3 is 2.80 bits per heavy atom. The number of piperidine rings is 1. The van der Waals surface area contributed by atoms with E-state index in [2.05, 4.69) is 20.1 Å². The van der Waals surface area contributed by atoms with Crippen molar-refractivity contribution in [3.63, 3.8) is 0 Å². The quantitative estimate of drug-likeness (QED) is 0.756. The van der Waals surface area contributed by atoms with Crippen molar-refractivity contribution in [2.24, 2.45) is 0 Å². The van der Waals surface area contributed by atoms with Gasteiger partial charge in [-0.25, -0.2) is 5.10 Å². The number of aromatic nitrogens is 3. The molecule has 0 unspecified atom stereocenters. The molecule has 1 fully saturated rings. The predicted molar refractivity (Wildman–Crippen MR) is 57.7 cm³/mol. The molecule has 0 spiro atoms. The van der Waals surface area contributed by atoms with Crippen molar-refractivity contribution in [3.8, 4) is 0 Å². The van der Waals surface area contributed by atoms with Gasteiger partial charge in [0.15, 0.2) is 0 Å². The minimum Gasteiger partial charge on any atom is -0.378 e. The second-order valence-electron chi connectivity index (χ2n) is 3.66. The first kappa shape index (κ1) is 10.2. The van der Waals surface area contributed by atoms with Crippen molar-refractivity contribution in [3.05, 3.63) is 0 Å². The highest BCUT2D eigenvalue weighted by atomic mass is 16.5. The van der Waals surface area contributed by atoms with Crippen molar-refractivity contribution in [1.29, 1.82) is 0 Å². The summed E-state index contributed by atoms with van der Waals surface area (Å²) in [6.07, 6.45) is 2.45. The molecule has 0 saturated carbocycles. The van der Waals surface area contributed by atoms with Gasteiger partial charge in [0.2, 0.25) is 11.9 Å². The van der Waals surface area contributed by atoms with E-state index >= 15 is 0 Å². The van der Waals surface area contributed by atoms with Gasteiger partial charge in [-0.05, 0) is 19.8 Å². The molecule has 3 N–H and O–H groups in total. The molecular weight excluding hydrogens is 194 g/mol. The van der Waals surface area contributed by atoms with Crippen LogP contribution in [-0.4, -0.2) is 41.0 Å². The highest BCUT2D eigenvalue weighted by Crippen LogP contribution is 2.18. The van der Waals surface area contributed by atoms with Crippen LogP contribution in [0, 0.1) is 0 Å². The van der Waals surface area contributed by atoms with Gasteiger partial charge < -0.3 is 15.4 Å². The lowest BCUT2D eigenvalue weighted by atomic mass is 10.1. The number of hydrogen-bond donors (Lipinski definition) is 2. The van der Waals surface area contributed by atoms with Gasteiger partial charge in [-0.1, -0.05) is 0 Å². The molecule has 6 heteroatoms. The predicted octanol–water partition coefficient (Wildman–Crippen LogP) is 0.392. The van der Waals surface area contributed by atoms with Gasteiger partial charge >= 0.3 is 0 Å². The zero-order valence-electron chi connectivity index (χ0n) is 8.94. The maximum atomic E-state index is 5.57. The van der Waals surface area contributed by atoms with E-state index in [1.807, 2.05) is 6.92 Å². The van der Waals surface area contributed by atoms with Crippen molar-refractivity contribution in [1.82, 2.24) is 15.2 Å². The van der Waals surface area contributed by atoms with Crippen molar-refractivity contribution < 1.29 is 4.74 Å². The number of nitrogens with two attached hydrogens (primary N) is 1. The second kappa shape index (κ2) is 4.48. The van der Waals surface area contributed by atoms with Crippen molar-refractivity contribution >= 4 is 11.9 Å². The van der Waals surface area contributed by atoms with Crippen molar-refractivity contribution in [2.45, 2.75) is 25.9 Å². The molecule has 0 bridgehead atoms. The molecule has 1 aromatic heterocycles. The largest absolute Gasteiger partial charge is 0.378 e. The maximum Gasteiger partial charge on any atom is 0.246 e. The third kappa shape index (κ3) is 2.38. The molecule has 1 aliphatic heterocycles. The molecule has 15 heavy (non-hydrogen) atoms. The van der Waals surface area contributed by atoms with E-state index in [-0.39, 0.29) is 0 Å². The smallest absolute Gasteiger partial charge is 0.246 e. The summed E-state index contributed by atoms with van der Waals surface area (Å²) in [5, 5.41) is 6.68. The number of nitrogens with zero attached hydrogens (tertiary/aromatic N) is 3. The monoisotopic (exact) mass is 211 g/mol. The van der Waals surface area contributed by atoms with Crippen LogP contribution in [0.15, 0.2) is 0 Å². The highest BCUT2D eigenvalue weighted by molar-refractivity contribution is 5.34. The minimum absolute atomic E-state index is 0.372. The van der Waals surface area contributed by atoms with Crippen LogP contribution in [0.4, 0.5) is 11.9 Å². The molecule has 1 aliphatic rings. The van der Waals surface area contributed by atoms with Crippen LogP contribution < -0.4 is 10.6 Å². The Kier molecular flexibility index (Phi) is 3.05. The normalized spacial score (nSPS) is 18.3. The first-order valence-corrected chi connectivity index (χ1v) is 5.34. The van der Waals surface area contributed by atoms with Gasteiger partial charge in [-0.3, -0.25) is 0 Å². The first-order chi connectivity index (χ1) is 7.29. The Morgan fingerprint density at radius 2 is 2.27 bits per heavy atom. The molecule has 0 radical (unpaired) electrons. The summed E-state index contributed by atoms with van der Waals surface area (Å²) in [6.45, 7) is 4.69. The number of ether oxygens (including phenoxy) is 1. The summed E-state index contributed by atoms with van der Waals surface area (Å²) in [7, 11) is 0. The molecule has 0 amide bonds. The molecule has 0 atom stereocenters. The Morgan fingerprint density at radius 1 is 1.53 bits per heavy atom. The van der Waals surface area contributed by atoms with Gasteiger partial charge in [0, 0.05) is 19.7 Å². The third-order valence-electron chi connectivity index (χ3n) is 2.62. The van der Waals surface area contributed by atoms with Gasteiger partial charge in [-0.2, -0.15) is 4.98 Å². The molecule has 84 valence electrons. The summed E-state index contributed by atoms with van der Waals surface area (Å²) in [5.74, 6) is 1.07. The van der Waals surface area contributed by atoms with E-state index in [0.29, 0.717) is 18.0 Å². The zero-order chi connectivity index (χ0) is 10.7. The maximum absolute atomic E-state index is 5.57. The summed E-state index contributed by atoms with van der Waals surface area (Å²) in [6, 6.07) is 0. The molecule has 1 aromatic rings. The first-order valence-electron chi connectivity index (χ1n) is 5.34. The fourth-order valence-corrected chi connectivity index (χ4v) is 1.86. The van der Waals surface area contributed by atoms with Crippen LogP contribution in [-0.2, 0) is 4.74 Å². The van der Waals surface area contributed by atoms with Gasteiger partial charge in [0.25, 0.3) is 0 Å². The number of hydrogen-bond acceptors (Lipinski definition) is 5. The summed E-state index contributed by atoms with van der Waals surface area (Å²) in [4.78, 5) is 6.23. The Balaban J connectivity index is 1.88. The summed E-state index contributed by atoms with van der Waals surface area (Å²) < 4.78 is 5.57. The lowest BCUT2D eigenvalue weighted by Crippen LogP contribution is -2.37. The molecule has 0 aliphatic carbocycles. The summed E-state index contributed by atoms with van der Waals surface area (Å²) >= 11 is 0. The number of anilines is 2. The van der Waals surface area contributed by atoms with E-state index in [9.17, 15) is 0 Å². The number of H-pyrrole nitrogens is 1. The molecule has 6 nitrogen and oxygen atoms in total. The van der Waals surface area contributed by atoms with Crippen LogP contribution in [0.25, 0.3) is 0 Å². The zero-order valence-corrected chi connectivity index (χ0v) is 8.94. The number of aromatic amines is 1. The Labute approximate surface area is 88.8 Å². The fourth-order valence-electron chi connectivity index (χ4n) is 1.86. The standard InChI is InChI=1S/C9H17N5O/c1-2-15-7-3-5-14(6-4-7)9-11-8(10)12-13-9/h7H,2-6H2,1H3,(H3,10,11,12,13). The van der Waals surface area contributed by atoms with E-state index in [1.165, 1.54) is 0 Å². The lowest BCUT2D eigenvalue weighted by molar-refractivity contribution is 0.0457. The molecule has 1 saturated heterocycles. The Bertz CT molecular complexity index is 305. The summed E-state index contributed by atoms with van der Waals surface area (Å²) in [5.41, 5.74) is 5.48.